The van der Waals surface area contributed by atoms with E-state index in [1.165, 1.54) is 11.6 Å². The van der Waals surface area contributed by atoms with Crippen molar-refractivity contribution in [1.29, 1.82) is 0 Å². The number of aliphatic hydroxyl groups is 2. The standard InChI is InChI=1S/C50H59N3O8/c1-5-35-11-12-36-8-6-7-9-41(36)42(35)25-44-37(13-15-46(57)50(44)60-4)23-39(18-33-16-17-52-29-33)47(58)26-48(59)43(38-19-34(28-51-3)20-40(55)24-38)21-32-10-14-45(56)49(22-32)61-30-53-27-31(2)54/h6-17,19-20,22,24,29,31,39,43,47,51-58H,5,18,21,23,25-28,30H2,1-4H3. The molecular formula is C50H59N3O8. The Morgan fingerprint density at radius 2 is 1.61 bits per heavy atom. The predicted molar refractivity (Wildman–Crippen MR) is 239 cm³/mol. The molecule has 6 aromatic rings. The van der Waals surface area contributed by atoms with Gasteiger partial charge in [0.25, 0.3) is 0 Å². The van der Waals surface area contributed by atoms with E-state index in [1.54, 1.807) is 51.4 Å². The number of aryl methyl sites for hydroxylation is 1. The van der Waals surface area contributed by atoms with Crippen LogP contribution >= 0.6 is 0 Å². The van der Waals surface area contributed by atoms with Crippen molar-refractivity contribution in [3.8, 4) is 28.7 Å². The van der Waals surface area contributed by atoms with Crippen LogP contribution in [0.25, 0.3) is 10.8 Å². The monoisotopic (exact) mass is 829 g/mol. The lowest BCUT2D eigenvalue weighted by Crippen LogP contribution is -2.30. The Kier molecular flexibility index (Phi) is 15.5. The lowest BCUT2D eigenvalue weighted by molar-refractivity contribution is -0.123. The Morgan fingerprint density at radius 3 is 2.34 bits per heavy atom. The maximum Gasteiger partial charge on any atom is 0.164 e. The first kappa shape index (κ1) is 44.7. The van der Waals surface area contributed by atoms with Gasteiger partial charge in [-0.1, -0.05) is 61.5 Å². The number of carbonyl (C=O) groups excluding carboxylic acids is 1. The van der Waals surface area contributed by atoms with Crippen LogP contribution in [0.1, 0.15) is 70.7 Å². The molecule has 5 aromatic carbocycles. The molecule has 4 unspecified atom stereocenters. The van der Waals surface area contributed by atoms with Crippen molar-refractivity contribution in [1.82, 2.24) is 15.6 Å². The van der Waals surface area contributed by atoms with Crippen molar-refractivity contribution in [3.05, 3.63) is 148 Å². The maximum absolute atomic E-state index is 14.7. The first-order valence-corrected chi connectivity index (χ1v) is 21.0. The highest BCUT2D eigenvalue weighted by Crippen LogP contribution is 2.39. The molecule has 0 radical (unpaired) electrons. The summed E-state index contributed by atoms with van der Waals surface area (Å²) in [6.45, 7) is 4.62. The lowest BCUT2D eigenvalue weighted by Gasteiger charge is -2.27. The van der Waals surface area contributed by atoms with Crippen LogP contribution in [0, 0.1) is 5.92 Å². The average Bonchev–Trinajstić information content (AvgIpc) is 3.76. The van der Waals surface area contributed by atoms with Crippen molar-refractivity contribution in [2.24, 2.45) is 5.92 Å². The second kappa shape index (κ2) is 21.1. The number of ketones is 1. The van der Waals surface area contributed by atoms with E-state index in [1.807, 2.05) is 42.7 Å². The topological polar surface area (TPSA) is 177 Å². The molecule has 4 atom stereocenters. The molecule has 0 fully saturated rings. The number of aromatic hydroxyl groups is 3. The lowest BCUT2D eigenvalue weighted by atomic mass is 9.80. The number of phenolic OH excluding ortho intramolecular Hbond substituents is 3. The minimum atomic E-state index is -1.07. The highest BCUT2D eigenvalue weighted by atomic mass is 16.5. The summed E-state index contributed by atoms with van der Waals surface area (Å²) in [6.07, 6.45) is 4.30. The van der Waals surface area contributed by atoms with Gasteiger partial charge in [0, 0.05) is 49.8 Å². The summed E-state index contributed by atoms with van der Waals surface area (Å²) in [5.74, 6) is -0.810. The molecule has 0 bridgehead atoms. The summed E-state index contributed by atoms with van der Waals surface area (Å²) >= 11 is 0. The van der Waals surface area contributed by atoms with Crippen molar-refractivity contribution >= 4 is 16.6 Å². The van der Waals surface area contributed by atoms with Gasteiger partial charge < -0.3 is 45.3 Å². The van der Waals surface area contributed by atoms with Gasteiger partial charge in [-0.15, -0.1) is 0 Å². The second-order valence-electron chi connectivity index (χ2n) is 15.9. The molecule has 6 rings (SSSR count). The Labute approximate surface area is 358 Å². The molecule has 0 saturated carbocycles. The smallest absolute Gasteiger partial charge is 0.164 e. The Balaban J connectivity index is 1.34. The quantitative estimate of drug-likeness (QED) is 0.0258. The highest BCUT2D eigenvalue weighted by Gasteiger charge is 2.30. The number of hydrogen-bond donors (Lipinski definition) is 8. The van der Waals surface area contributed by atoms with Crippen LogP contribution in [0.2, 0.25) is 0 Å². The SMILES string of the molecule is CCc1ccc2ccccc2c1Cc1c(CC(Cc2cc[nH]c2)C(O)CC(=O)C(Cc2ccc(O)c(OCNCC(C)O)c2)c2cc(O)cc(CNC)c2)ccc(O)c1OC. The fraction of sp³-hybridized carbons (Fsp3) is 0.340. The van der Waals surface area contributed by atoms with Gasteiger partial charge in [-0.05, 0) is 132 Å². The molecule has 0 saturated heterocycles. The van der Waals surface area contributed by atoms with Gasteiger partial charge in [-0.2, -0.15) is 0 Å². The number of carbonyl (C=O) groups is 1. The van der Waals surface area contributed by atoms with E-state index in [0.717, 1.165) is 45.0 Å². The Bertz CT molecular complexity index is 2380. The molecule has 8 N–H and O–H groups in total. The summed E-state index contributed by atoms with van der Waals surface area (Å²) in [5, 5.41) is 62.7. The van der Waals surface area contributed by atoms with Crippen molar-refractivity contribution in [3.63, 3.8) is 0 Å². The van der Waals surface area contributed by atoms with E-state index >= 15 is 0 Å². The zero-order valence-electron chi connectivity index (χ0n) is 35.4. The number of aromatic amines is 1. The van der Waals surface area contributed by atoms with Crippen LogP contribution in [0.15, 0.2) is 103 Å². The molecule has 0 aliphatic heterocycles. The van der Waals surface area contributed by atoms with Gasteiger partial charge in [0.2, 0.25) is 0 Å². The van der Waals surface area contributed by atoms with Crippen LogP contribution in [-0.4, -0.2) is 75.9 Å². The summed E-state index contributed by atoms with van der Waals surface area (Å²) in [7, 11) is 3.36. The third-order valence-electron chi connectivity index (χ3n) is 11.4. The van der Waals surface area contributed by atoms with E-state index in [2.05, 4.69) is 46.8 Å². The Morgan fingerprint density at radius 1 is 0.820 bits per heavy atom. The molecular weight excluding hydrogens is 771 g/mol. The molecule has 322 valence electrons. The first-order valence-electron chi connectivity index (χ1n) is 21.0. The number of phenols is 3. The van der Waals surface area contributed by atoms with E-state index in [0.29, 0.717) is 49.2 Å². The third kappa shape index (κ3) is 11.5. The van der Waals surface area contributed by atoms with Gasteiger partial charge in [0.1, 0.15) is 18.3 Å². The van der Waals surface area contributed by atoms with E-state index < -0.39 is 24.0 Å². The number of fused-ring (bicyclic) bond motifs is 1. The average molecular weight is 830 g/mol. The van der Waals surface area contributed by atoms with Crippen molar-refractivity contribution in [2.75, 3.05) is 27.4 Å². The minimum absolute atomic E-state index is 0.0246. The summed E-state index contributed by atoms with van der Waals surface area (Å²) in [6, 6.07) is 28.1. The number of hydrogen-bond acceptors (Lipinski definition) is 10. The number of rotatable bonds is 22. The fourth-order valence-electron chi connectivity index (χ4n) is 8.35. The number of benzene rings is 5. The second-order valence-corrected chi connectivity index (χ2v) is 15.9. The van der Waals surface area contributed by atoms with Gasteiger partial charge in [0.05, 0.1) is 19.3 Å². The number of aromatic nitrogens is 1. The molecule has 61 heavy (non-hydrogen) atoms. The number of Topliss-reactive ketones (excluding diaryl/α,β-unsaturated/α-hetero) is 1. The normalized spacial score (nSPS) is 13.5. The zero-order chi connectivity index (χ0) is 43.5. The van der Waals surface area contributed by atoms with Crippen LogP contribution in [-0.2, 0) is 43.4 Å². The Hall–Kier alpha value is -5.85. The number of H-pyrrole nitrogens is 1. The van der Waals surface area contributed by atoms with Crippen LogP contribution in [0.4, 0.5) is 0 Å². The van der Waals surface area contributed by atoms with E-state index in [4.69, 9.17) is 9.47 Å². The van der Waals surface area contributed by atoms with Crippen LogP contribution in [0.3, 0.4) is 0 Å². The van der Waals surface area contributed by atoms with E-state index in [9.17, 15) is 30.3 Å². The molecule has 1 aromatic heterocycles. The molecule has 1 heterocycles. The number of ether oxygens (including phenoxy) is 2. The minimum Gasteiger partial charge on any atom is -0.508 e. The molecule has 0 spiro atoms. The van der Waals surface area contributed by atoms with Gasteiger partial charge >= 0.3 is 0 Å². The van der Waals surface area contributed by atoms with Crippen LogP contribution < -0.4 is 20.1 Å². The van der Waals surface area contributed by atoms with Gasteiger partial charge in [-0.3, -0.25) is 10.1 Å². The van der Waals surface area contributed by atoms with Crippen molar-refractivity contribution in [2.45, 2.75) is 77.0 Å². The summed E-state index contributed by atoms with van der Waals surface area (Å²) < 4.78 is 11.7. The molecule has 11 heteroatoms. The fourth-order valence-corrected chi connectivity index (χ4v) is 8.35. The van der Waals surface area contributed by atoms with E-state index in [-0.39, 0.29) is 48.4 Å². The number of nitrogens with one attached hydrogen (secondary N) is 3. The van der Waals surface area contributed by atoms with Crippen molar-refractivity contribution < 1.29 is 39.8 Å². The maximum atomic E-state index is 14.7. The van der Waals surface area contributed by atoms with Gasteiger partial charge in [0.15, 0.2) is 23.0 Å². The predicted octanol–water partition coefficient (Wildman–Crippen LogP) is 7.22. The zero-order valence-corrected chi connectivity index (χ0v) is 35.4. The highest BCUT2D eigenvalue weighted by molar-refractivity contribution is 5.88. The summed E-state index contributed by atoms with van der Waals surface area (Å²) in [4.78, 5) is 17.9. The van der Waals surface area contributed by atoms with Crippen LogP contribution in [0.5, 0.6) is 28.7 Å². The number of aliphatic hydroxyl groups excluding tert-OH is 2. The largest absolute Gasteiger partial charge is 0.508 e. The third-order valence-corrected chi connectivity index (χ3v) is 11.4. The molecule has 0 aliphatic rings. The molecule has 0 amide bonds. The summed E-state index contributed by atoms with van der Waals surface area (Å²) in [5.41, 5.74) is 7.16. The number of methoxy groups -OCH3 is 1. The van der Waals surface area contributed by atoms with Gasteiger partial charge in [-0.25, -0.2) is 0 Å². The first-order chi connectivity index (χ1) is 29.5. The molecule has 0 aliphatic carbocycles. The molecule has 11 nitrogen and oxygen atoms in total.